The Labute approximate surface area is 69.9 Å². The first kappa shape index (κ1) is 7.18. The van der Waals surface area contributed by atoms with Crippen LogP contribution in [0.25, 0.3) is 0 Å². The molecule has 2 aliphatic carbocycles. The Morgan fingerprint density at radius 1 is 1.10 bits per heavy atom. The van der Waals surface area contributed by atoms with Crippen molar-refractivity contribution in [3.63, 3.8) is 0 Å². The Morgan fingerprint density at radius 2 is 1.70 bits per heavy atom. The summed E-state index contributed by atoms with van der Waals surface area (Å²) >= 11 is 0.941. The van der Waals surface area contributed by atoms with Crippen LogP contribution in [-0.2, 0) is 0 Å². The zero-order chi connectivity index (χ0) is 7.03. The van der Waals surface area contributed by atoms with Crippen LogP contribution in [-0.4, -0.2) is 15.0 Å². The zero-order valence-corrected chi connectivity index (χ0v) is 8.44. The van der Waals surface area contributed by atoms with Gasteiger partial charge in [0.2, 0.25) is 0 Å². The quantitative estimate of drug-likeness (QED) is 0.575. The van der Waals surface area contributed by atoms with Crippen LogP contribution in [0.15, 0.2) is 0 Å². The van der Waals surface area contributed by atoms with Crippen molar-refractivity contribution in [2.24, 2.45) is 5.41 Å². The van der Waals surface area contributed by atoms with Crippen molar-refractivity contribution in [1.29, 1.82) is 0 Å². The monoisotopic (exact) mass is 204 g/mol. The van der Waals surface area contributed by atoms with Crippen molar-refractivity contribution in [2.45, 2.75) is 49.2 Å². The summed E-state index contributed by atoms with van der Waals surface area (Å²) in [4.78, 5) is 1.15. The molecule has 0 bridgehead atoms. The summed E-state index contributed by atoms with van der Waals surface area (Å²) in [5.41, 5.74) is 0.918. The Balaban J connectivity index is 1.84. The minimum absolute atomic E-state index is 0.918. The molecule has 58 valence electrons. The maximum absolute atomic E-state index is 2.41. The van der Waals surface area contributed by atoms with Gasteiger partial charge >= 0.3 is 69.5 Å². The van der Waals surface area contributed by atoms with Gasteiger partial charge in [0.15, 0.2) is 0 Å². The predicted octanol–water partition coefficient (Wildman–Crippen LogP) is 2.88. The standard InChI is InChI=1S/C9H16Se/c1-10-8-2-4-9(5-3-8)6-7-9/h8H,2-7H2,1H3. The molecule has 0 aromatic carbocycles. The second-order valence-electron chi connectivity index (χ2n) is 3.94. The molecule has 0 N–H and O–H groups in total. The molecule has 0 amide bonds. The molecule has 0 heterocycles. The fourth-order valence-electron chi connectivity index (χ4n) is 2.12. The molecule has 0 atom stereocenters. The Morgan fingerprint density at radius 3 is 2.10 bits per heavy atom. The average Bonchev–Trinajstić information content (AvgIpc) is 2.72. The predicted molar refractivity (Wildman–Crippen MR) is 45.5 cm³/mol. The molecule has 1 spiro atoms. The number of hydrogen-bond acceptors (Lipinski definition) is 0. The van der Waals surface area contributed by atoms with E-state index in [9.17, 15) is 0 Å². The summed E-state index contributed by atoms with van der Waals surface area (Å²) in [6.07, 6.45) is 9.42. The second-order valence-corrected chi connectivity index (χ2v) is 6.32. The fraction of sp³-hybridized carbons (Fsp3) is 1.00. The topological polar surface area (TPSA) is 0 Å². The Kier molecular flexibility index (Phi) is 1.82. The minimum atomic E-state index is 0.918. The molecular formula is C9H16Se. The van der Waals surface area contributed by atoms with Crippen LogP contribution in [0.3, 0.4) is 0 Å². The second kappa shape index (κ2) is 2.53. The molecule has 10 heavy (non-hydrogen) atoms. The van der Waals surface area contributed by atoms with Gasteiger partial charge in [-0.05, 0) is 0 Å². The van der Waals surface area contributed by atoms with E-state index in [4.69, 9.17) is 0 Å². The molecule has 1 heteroatoms. The molecule has 0 saturated heterocycles. The van der Waals surface area contributed by atoms with E-state index >= 15 is 0 Å². The third-order valence-corrected chi connectivity index (χ3v) is 5.67. The molecule has 2 saturated carbocycles. The Hall–Kier alpha value is 0.519. The van der Waals surface area contributed by atoms with Crippen molar-refractivity contribution in [3.8, 4) is 0 Å². The third-order valence-electron chi connectivity index (χ3n) is 3.28. The zero-order valence-electron chi connectivity index (χ0n) is 6.73. The SMILES string of the molecule is C[Se]C1CCC2(CC1)CC2. The maximum atomic E-state index is 2.41. The van der Waals surface area contributed by atoms with Crippen molar-refractivity contribution in [3.05, 3.63) is 0 Å². The first-order chi connectivity index (χ1) is 4.85. The molecule has 0 aliphatic heterocycles. The summed E-state index contributed by atoms with van der Waals surface area (Å²) in [6.45, 7) is 0. The van der Waals surface area contributed by atoms with Gasteiger partial charge in [-0.25, -0.2) is 0 Å². The van der Waals surface area contributed by atoms with Crippen LogP contribution in [0.5, 0.6) is 0 Å². The summed E-state index contributed by atoms with van der Waals surface area (Å²) in [5, 5.41) is 0. The molecule has 2 fully saturated rings. The molecule has 0 aromatic heterocycles. The normalized spacial score (nSPS) is 30.9. The molecule has 2 rings (SSSR count). The van der Waals surface area contributed by atoms with E-state index in [1.54, 1.807) is 38.5 Å². The summed E-state index contributed by atoms with van der Waals surface area (Å²) in [5.74, 6) is 2.41. The van der Waals surface area contributed by atoms with E-state index in [0.717, 1.165) is 25.2 Å². The van der Waals surface area contributed by atoms with Crippen LogP contribution in [0.2, 0.25) is 10.6 Å². The van der Waals surface area contributed by atoms with E-state index in [1.165, 1.54) is 0 Å². The van der Waals surface area contributed by atoms with Crippen LogP contribution in [0.1, 0.15) is 38.5 Å². The van der Waals surface area contributed by atoms with Crippen LogP contribution >= 0.6 is 0 Å². The van der Waals surface area contributed by atoms with Crippen LogP contribution in [0, 0.1) is 5.41 Å². The van der Waals surface area contributed by atoms with Crippen LogP contribution in [0.4, 0.5) is 0 Å². The molecule has 0 radical (unpaired) electrons. The van der Waals surface area contributed by atoms with E-state index in [2.05, 4.69) is 5.82 Å². The van der Waals surface area contributed by atoms with Gasteiger partial charge in [-0.1, -0.05) is 0 Å². The summed E-state index contributed by atoms with van der Waals surface area (Å²) in [7, 11) is 0. The van der Waals surface area contributed by atoms with Crippen molar-refractivity contribution in [1.82, 2.24) is 0 Å². The van der Waals surface area contributed by atoms with Gasteiger partial charge in [0, 0.05) is 0 Å². The molecule has 0 aromatic rings. The van der Waals surface area contributed by atoms with Gasteiger partial charge < -0.3 is 0 Å². The van der Waals surface area contributed by atoms with Crippen LogP contribution < -0.4 is 0 Å². The number of hydrogen-bond donors (Lipinski definition) is 0. The van der Waals surface area contributed by atoms with Gasteiger partial charge in [-0.15, -0.1) is 0 Å². The van der Waals surface area contributed by atoms with Gasteiger partial charge in [-0.3, -0.25) is 0 Å². The summed E-state index contributed by atoms with van der Waals surface area (Å²) < 4.78 is 0. The van der Waals surface area contributed by atoms with Gasteiger partial charge in [-0.2, -0.15) is 0 Å². The van der Waals surface area contributed by atoms with Crippen molar-refractivity contribution >= 4 is 15.0 Å². The third kappa shape index (κ3) is 1.26. The van der Waals surface area contributed by atoms with Gasteiger partial charge in [0.1, 0.15) is 0 Å². The average molecular weight is 203 g/mol. The number of rotatable bonds is 1. The van der Waals surface area contributed by atoms with Gasteiger partial charge in [0.05, 0.1) is 0 Å². The van der Waals surface area contributed by atoms with E-state index < -0.39 is 0 Å². The molecule has 0 nitrogen and oxygen atoms in total. The molecule has 2 aliphatic rings. The van der Waals surface area contributed by atoms with Crippen molar-refractivity contribution in [2.75, 3.05) is 0 Å². The first-order valence-corrected chi connectivity index (χ1v) is 7.08. The van der Waals surface area contributed by atoms with Gasteiger partial charge in [0.25, 0.3) is 0 Å². The molecular weight excluding hydrogens is 187 g/mol. The molecule has 0 unspecified atom stereocenters. The Bertz CT molecular complexity index is 117. The fourth-order valence-corrected chi connectivity index (χ4v) is 3.60. The first-order valence-electron chi connectivity index (χ1n) is 4.37. The van der Waals surface area contributed by atoms with E-state index in [1.807, 2.05) is 0 Å². The van der Waals surface area contributed by atoms with Crippen molar-refractivity contribution < 1.29 is 0 Å². The summed E-state index contributed by atoms with van der Waals surface area (Å²) in [6, 6.07) is 0. The van der Waals surface area contributed by atoms with E-state index in [0.29, 0.717) is 0 Å². The van der Waals surface area contributed by atoms with E-state index in [-0.39, 0.29) is 0 Å².